The van der Waals surface area contributed by atoms with Crippen molar-refractivity contribution in [3.63, 3.8) is 0 Å². The van der Waals surface area contributed by atoms with Crippen LogP contribution in [0.3, 0.4) is 0 Å². The molecule has 5 heterocycles. The van der Waals surface area contributed by atoms with E-state index in [4.69, 9.17) is 4.74 Å². The molecule has 4 aliphatic rings. The third-order valence-electron chi connectivity index (χ3n) is 6.48. The fourth-order valence-corrected chi connectivity index (χ4v) is 5.78. The first-order valence-corrected chi connectivity index (χ1v) is 10.7. The van der Waals surface area contributed by atoms with Crippen molar-refractivity contribution in [1.82, 2.24) is 14.6 Å². The molecule has 0 radical (unpaired) electrons. The van der Waals surface area contributed by atoms with Gasteiger partial charge in [-0.05, 0) is 55.9 Å². The van der Waals surface area contributed by atoms with Crippen LogP contribution < -0.4 is 10.2 Å². The highest BCUT2D eigenvalue weighted by atomic mass is 32.1. The fourth-order valence-electron chi connectivity index (χ4n) is 4.87. The number of anilines is 1. The highest BCUT2D eigenvalue weighted by Gasteiger charge is 2.35. The second kappa shape index (κ2) is 7.04. The van der Waals surface area contributed by atoms with Gasteiger partial charge in [-0.2, -0.15) is 4.37 Å². The average Bonchev–Trinajstić information content (AvgIpc) is 3.36. The molecule has 144 valence electrons. The second-order valence-electron chi connectivity index (χ2n) is 8.00. The van der Waals surface area contributed by atoms with Gasteiger partial charge in [0.05, 0.1) is 16.5 Å². The minimum atomic E-state index is -0.0201. The van der Waals surface area contributed by atoms with E-state index in [1.165, 1.54) is 43.2 Å². The van der Waals surface area contributed by atoms with E-state index >= 15 is 0 Å². The molecular formula is C20H26N4O2S. The summed E-state index contributed by atoms with van der Waals surface area (Å²) in [7, 11) is 1.78. The van der Waals surface area contributed by atoms with Crippen LogP contribution in [-0.4, -0.2) is 67.2 Å². The number of rotatable bonds is 4. The van der Waals surface area contributed by atoms with Crippen molar-refractivity contribution in [2.24, 2.45) is 5.92 Å². The SMILES string of the molecule is CO[C@H]1CCN(c2cccc3c(C(=O)NC4CN5CCC4CC5)nsc23)C1. The van der Waals surface area contributed by atoms with Crippen LogP contribution in [0.5, 0.6) is 0 Å². The van der Waals surface area contributed by atoms with Crippen LogP contribution in [0.4, 0.5) is 5.69 Å². The molecule has 1 N–H and O–H groups in total. The van der Waals surface area contributed by atoms with Gasteiger partial charge in [0.1, 0.15) is 5.69 Å². The Morgan fingerprint density at radius 1 is 1.22 bits per heavy atom. The maximum absolute atomic E-state index is 13.0. The number of aromatic nitrogens is 1. The fraction of sp³-hybridized carbons (Fsp3) is 0.600. The predicted molar refractivity (Wildman–Crippen MR) is 108 cm³/mol. The van der Waals surface area contributed by atoms with Crippen LogP contribution >= 0.6 is 11.5 Å². The number of methoxy groups -OCH3 is 1. The lowest BCUT2D eigenvalue weighted by atomic mass is 9.84. The van der Waals surface area contributed by atoms with Crippen LogP contribution in [0.2, 0.25) is 0 Å². The number of nitrogens with zero attached hydrogens (tertiary/aromatic N) is 3. The lowest BCUT2D eigenvalue weighted by Crippen LogP contribution is -2.57. The number of fused-ring (bicyclic) bond motifs is 4. The van der Waals surface area contributed by atoms with Crippen molar-refractivity contribution in [3.05, 3.63) is 23.9 Å². The van der Waals surface area contributed by atoms with E-state index in [2.05, 4.69) is 25.6 Å². The van der Waals surface area contributed by atoms with Crippen molar-refractivity contribution in [3.8, 4) is 0 Å². The van der Waals surface area contributed by atoms with Gasteiger partial charge in [-0.25, -0.2) is 0 Å². The first-order chi connectivity index (χ1) is 13.2. The van der Waals surface area contributed by atoms with E-state index in [9.17, 15) is 4.79 Å². The zero-order chi connectivity index (χ0) is 18.4. The van der Waals surface area contributed by atoms with Gasteiger partial charge in [0.25, 0.3) is 5.91 Å². The summed E-state index contributed by atoms with van der Waals surface area (Å²) in [5.41, 5.74) is 1.75. The van der Waals surface area contributed by atoms with E-state index in [1.54, 1.807) is 7.11 Å². The number of hydrogen-bond acceptors (Lipinski definition) is 6. The van der Waals surface area contributed by atoms with Crippen molar-refractivity contribution < 1.29 is 9.53 Å². The molecule has 2 atom stereocenters. The summed E-state index contributed by atoms with van der Waals surface area (Å²) in [5.74, 6) is 0.600. The maximum atomic E-state index is 13.0. The zero-order valence-corrected chi connectivity index (χ0v) is 16.5. The topological polar surface area (TPSA) is 57.7 Å². The van der Waals surface area contributed by atoms with Crippen LogP contribution in [0.1, 0.15) is 29.8 Å². The van der Waals surface area contributed by atoms with Gasteiger partial charge in [-0.3, -0.25) is 4.79 Å². The molecule has 4 fully saturated rings. The normalized spacial score (nSPS) is 30.2. The van der Waals surface area contributed by atoms with Gasteiger partial charge < -0.3 is 19.9 Å². The number of hydrogen-bond donors (Lipinski definition) is 1. The van der Waals surface area contributed by atoms with Crippen LogP contribution in [0.25, 0.3) is 10.1 Å². The number of ether oxygens (including phenoxy) is 1. The molecule has 6 rings (SSSR count). The van der Waals surface area contributed by atoms with E-state index in [1.807, 2.05) is 12.1 Å². The van der Waals surface area contributed by atoms with Crippen molar-refractivity contribution >= 4 is 33.2 Å². The molecule has 0 aliphatic carbocycles. The Morgan fingerprint density at radius 2 is 2.07 bits per heavy atom. The summed E-state index contributed by atoms with van der Waals surface area (Å²) >= 11 is 1.44. The minimum absolute atomic E-state index is 0.0201. The molecule has 0 saturated carbocycles. The molecule has 27 heavy (non-hydrogen) atoms. The van der Waals surface area contributed by atoms with Crippen LogP contribution in [-0.2, 0) is 4.74 Å². The Hall–Kier alpha value is -1.70. The summed E-state index contributed by atoms with van der Waals surface area (Å²) in [5, 5.41) is 4.25. The van der Waals surface area contributed by atoms with Gasteiger partial charge in [-0.15, -0.1) is 0 Å². The number of carbonyl (C=O) groups excluding carboxylic acids is 1. The molecule has 1 unspecified atom stereocenters. The van der Waals surface area contributed by atoms with Gasteiger partial charge >= 0.3 is 0 Å². The predicted octanol–water partition coefficient (Wildman–Crippen LogP) is 2.35. The Kier molecular flexibility index (Phi) is 4.53. The monoisotopic (exact) mass is 386 g/mol. The molecule has 0 spiro atoms. The number of carbonyl (C=O) groups is 1. The summed E-state index contributed by atoms with van der Waals surface area (Å²) in [6, 6.07) is 6.46. The standard InChI is InChI=1S/C20H26N4O2S/c1-26-14-7-10-24(11-14)17-4-2-3-15-18(22-27-19(15)17)20(25)21-16-12-23-8-5-13(16)6-9-23/h2-4,13-14,16H,5-12H2,1H3,(H,21,25)/t14-,16?/m0/s1. The third-order valence-corrected chi connectivity index (χ3v) is 7.37. The largest absolute Gasteiger partial charge is 0.380 e. The quantitative estimate of drug-likeness (QED) is 0.874. The molecule has 1 aromatic heterocycles. The molecule has 6 nitrogen and oxygen atoms in total. The van der Waals surface area contributed by atoms with E-state index in [0.29, 0.717) is 11.6 Å². The lowest BCUT2D eigenvalue weighted by molar-refractivity contribution is 0.0619. The van der Waals surface area contributed by atoms with Crippen LogP contribution in [0.15, 0.2) is 18.2 Å². The number of nitrogens with one attached hydrogen (secondary N) is 1. The third kappa shape index (κ3) is 3.11. The summed E-state index contributed by atoms with van der Waals surface area (Å²) in [6.45, 7) is 5.22. The van der Waals surface area contributed by atoms with Crippen LogP contribution in [0, 0.1) is 5.92 Å². The highest BCUT2D eigenvalue weighted by Crippen LogP contribution is 2.35. The minimum Gasteiger partial charge on any atom is -0.380 e. The molecule has 2 aromatic rings. The van der Waals surface area contributed by atoms with Gasteiger partial charge in [-0.1, -0.05) is 12.1 Å². The Balaban J connectivity index is 1.38. The first kappa shape index (κ1) is 17.4. The summed E-state index contributed by atoms with van der Waals surface area (Å²) in [6.07, 6.45) is 3.72. The number of benzene rings is 1. The maximum Gasteiger partial charge on any atom is 0.271 e. The molecule has 4 saturated heterocycles. The van der Waals surface area contributed by atoms with E-state index in [-0.39, 0.29) is 18.1 Å². The second-order valence-corrected chi connectivity index (χ2v) is 8.77. The van der Waals surface area contributed by atoms with Gasteiger partial charge in [0.15, 0.2) is 0 Å². The summed E-state index contributed by atoms with van der Waals surface area (Å²) in [4.78, 5) is 17.8. The highest BCUT2D eigenvalue weighted by molar-refractivity contribution is 7.14. The lowest BCUT2D eigenvalue weighted by Gasteiger charge is -2.44. The Morgan fingerprint density at radius 3 is 2.78 bits per heavy atom. The van der Waals surface area contributed by atoms with E-state index in [0.717, 1.165) is 36.1 Å². The number of amides is 1. The molecule has 4 aliphatic heterocycles. The van der Waals surface area contributed by atoms with Gasteiger partial charge in [0, 0.05) is 38.2 Å². The van der Waals surface area contributed by atoms with E-state index < -0.39 is 0 Å². The van der Waals surface area contributed by atoms with Gasteiger partial charge in [0.2, 0.25) is 0 Å². The first-order valence-electron chi connectivity index (χ1n) is 9.92. The average molecular weight is 387 g/mol. The molecule has 7 heteroatoms. The molecular weight excluding hydrogens is 360 g/mol. The smallest absolute Gasteiger partial charge is 0.271 e. The Bertz CT molecular complexity index is 846. The Labute approximate surface area is 163 Å². The molecule has 1 amide bonds. The van der Waals surface area contributed by atoms with Crippen molar-refractivity contribution in [2.75, 3.05) is 44.7 Å². The zero-order valence-electron chi connectivity index (χ0n) is 15.7. The van der Waals surface area contributed by atoms with Crippen molar-refractivity contribution in [2.45, 2.75) is 31.4 Å². The molecule has 1 aromatic carbocycles. The summed E-state index contributed by atoms with van der Waals surface area (Å²) < 4.78 is 11.2. The van der Waals surface area contributed by atoms with Crippen molar-refractivity contribution in [1.29, 1.82) is 0 Å². The molecule has 2 bridgehead atoms. The number of piperidine rings is 3.